The molecule has 6 heteroatoms. The number of Topliss-reactive ketones (excluding diaryl/α,β-unsaturated/α-hetero) is 1. The first-order valence-electron chi connectivity index (χ1n) is 10.0. The number of rotatable bonds is 5. The van der Waals surface area contributed by atoms with E-state index in [1.807, 2.05) is 6.92 Å². The minimum Gasteiger partial charge on any atom is -0.355 e. The number of anilines is 3. The van der Waals surface area contributed by atoms with Gasteiger partial charge in [0.05, 0.1) is 5.69 Å². The standard InChI is InChI=1S/C22H29BrN4O/c1-6-27(20-8-7-17(14(2)3)13-19(20)23)22-24-16(5)15(4)21(25-22)26-11-9-18(28)10-12-26/h7-8,13-14H,6,9-12H2,1-5H3. The van der Waals surface area contributed by atoms with Gasteiger partial charge >= 0.3 is 0 Å². The van der Waals surface area contributed by atoms with Crippen LogP contribution in [0.5, 0.6) is 0 Å². The van der Waals surface area contributed by atoms with Crippen LogP contribution < -0.4 is 9.80 Å². The lowest BCUT2D eigenvalue weighted by molar-refractivity contribution is -0.119. The van der Waals surface area contributed by atoms with Crippen LogP contribution in [0.15, 0.2) is 22.7 Å². The van der Waals surface area contributed by atoms with Gasteiger partial charge in [-0.15, -0.1) is 0 Å². The Morgan fingerprint density at radius 2 is 1.86 bits per heavy atom. The van der Waals surface area contributed by atoms with Crippen LogP contribution in [0.2, 0.25) is 0 Å². The zero-order chi connectivity index (χ0) is 20.4. The molecule has 0 bridgehead atoms. The number of carbonyl (C=O) groups is 1. The van der Waals surface area contributed by atoms with Crippen LogP contribution in [0.1, 0.15) is 56.4 Å². The maximum Gasteiger partial charge on any atom is 0.232 e. The summed E-state index contributed by atoms with van der Waals surface area (Å²) in [6, 6.07) is 6.49. The summed E-state index contributed by atoms with van der Waals surface area (Å²) in [6.07, 6.45) is 1.19. The highest BCUT2D eigenvalue weighted by molar-refractivity contribution is 9.10. The molecule has 5 nitrogen and oxygen atoms in total. The molecule has 3 rings (SSSR count). The Labute approximate surface area is 176 Å². The van der Waals surface area contributed by atoms with Crippen molar-refractivity contribution in [2.45, 2.75) is 53.4 Å². The Bertz CT molecular complexity index is 871. The van der Waals surface area contributed by atoms with Gasteiger partial charge in [0, 0.05) is 48.2 Å². The average molecular weight is 445 g/mol. The monoisotopic (exact) mass is 444 g/mol. The smallest absolute Gasteiger partial charge is 0.232 e. The molecular formula is C22H29BrN4O. The minimum absolute atomic E-state index is 0.337. The molecule has 1 saturated heterocycles. The van der Waals surface area contributed by atoms with Gasteiger partial charge in [-0.3, -0.25) is 4.79 Å². The lowest BCUT2D eigenvalue weighted by Crippen LogP contribution is -2.35. The predicted octanol–water partition coefficient (Wildman–Crippen LogP) is 5.31. The molecule has 0 unspecified atom stereocenters. The number of hydrogen-bond acceptors (Lipinski definition) is 5. The first-order valence-corrected chi connectivity index (χ1v) is 10.8. The van der Waals surface area contributed by atoms with Gasteiger partial charge in [0.2, 0.25) is 5.95 Å². The fourth-order valence-electron chi connectivity index (χ4n) is 3.52. The molecule has 0 N–H and O–H groups in total. The van der Waals surface area contributed by atoms with E-state index in [0.717, 1.165) is 46.9 Å². The molecule has 0 amide bonds. The van der Waals surface area contributed by atoms with Crippen molar-refractivity contribution >= 4 is 39.2 Å². The van der Waals surface area contributed by atoms with E-state index in [4.69, 9.17) is 9.97 Å². The molecule has 1 aliphatic rings. The molecule has 0 radical (unpaired) electrons. The summed E-state index contributed by atoms with van der Waals surface area (Å²) in [7, 11) is 0. The molecule has 150 valence electrons. The summed E-state index contributed by atoms with van der Waals surface area (Å²) < 4.78 is 1.05. The number of aryl methyl sites for hydroxylation is 1. The fourth-order valence-corrected chi connectivity index (χ4v) is 4.13. The highest BCUT2D eigenvalue weighted by Gasteiger charge is 2.23. The van der Waals surface area contributed by atoms with E-state index in [9.17, 15) is 4.79 Å². The van der Waals surface area contributed by atoms with Crippen molar-refractivity contribution in [1.29, 1.82) is 0 Å². The van der Waals surface area contributed by atoms with Crippen LogP contribution in [-0.4, -0.2) is 35.4 Å². The molecule has 28 heavy (non-hydrogen) atoms. The van der Waals surface area contributed by atoms with E-state index in [2.05, 4.69) is 71.6 Å². The van der Waals surface area contributed by atoms with E-state index >= 15 is 0 Å². The Kier molecular flexibility index (Phi) is 6.38. The normalized spacial score (nSPS) is 14.7. The topological polar surface area (TPSA) is 49.3 Å². The number of ketones is 1. The quantitative estimate of drug-likeness (QED) is 0.625. The number of nitrogens with zero attached hydrogens (tertiary/aromatic N) is 4. The van der Waals surface area contributed by atoms with E-state index in [1.165, 1.54) is 5.56 Å². The second kappa shape index (κ2) is 8.60. The van der Waals surface area contributed by atoms with Crippen molar-refractivity contribution in [1.82, 2.24) is 9.97 Å². The number of hydrogen-bond donors (Lipinski definition) is 0. The third-order valence-corrected chi connectivity index (χ3v) is 6.09. The Morgan fingerprint density at radius 1 is 1.18 bits per heavy atom. The Morgan fingerprint density at radius 3 is 2.43 bits per heavy atom. The second-order valence-corrected chi connectivity index (χ2v) is 8.55. The lowest BCUT2D eigenvalue weighted by atomic mass is 10.0. The molecule has 1 fully saturated rings. The van der Waals surface area contributed by atoms with Crippen LogP contribution in [0, 0.1) is 13.8 Å². The zero-order valence-corrected chi connectivity index (χ0v) is 19.0. The second-order valence-electron chi connectivity index (χ2n) is 7.69. The lowest BCUT2D eigenvalue weighted by Gasteiger charge is -2.30. The molecule has 2 aromatic rings. The van der Waals surface area contributed by atoms with Crippen LogP contribution in [-0.2, 0) is 4.79 Å². The first kappa shape index (κ1) is 20.8. The first-order chi connectivity index (χ1) is 13.3. The van der Waals surface area contributed by atoms with E-state index in [-0.39, 0.29) is 0 Å². The summed E-state index contributed by atoms with van der Waals surface area (Å²) in [5.74, 6) is 2.47. The number of aromatic nitrogens is 2. The minimum atomic E-state index is 0.337. The maximum atomic E-state index is 11.6. The van der Waals surface area contributed by atoms with Crippen LogP contribution in [0.3, 0.4) is 0 Å². The summed E-state index contributed by atoms with van der Waals surface area (Å²) in [4.78, 5) is 25.7. The molecular weight excluding hydrogens is 416 g/mol. The summed E-state index contributed by atoms with van der Waals surface area (Å²) in [6.45, 7) is 12.8. The van der Waals surface area contributed by atoms with Crippen molar-refractivity contribution in [3.8, 4) is 0 Å². The van der Waals surface area contributed by atoms with Crippen molar-refractivity contribution in [3.05, 3.63) is 39.5 Å². The maximum absolute atomic E-state index is 11.6. The van der Waals surface area contributed by atoms with Crippen molar-refractivity contribution in [2.75, 3.05) is 29.4 Å². The predicted molar refractivity (Wildman–Crippen MR) is 119 cm³/mol. The Balaban J connectivity index is 2.00. The molecule has 1 aromatic carbocycles. The Hall–Kier alpha value is -1.95. The van der Waals surface area contributed by atoms with Crippen molar-refractivity contribution in [3.63, 3.8) is 0 Å². The average Bonchev–Trinajstić information content (AvgIpc) is 2.66. The zero-order valence-electron chi connectivity index (χ0n) is 17.4. The molecule has 2 heterocycles. The molecule has 0 atom stereocenters. The van der Waals surface area contributed by atoms with E-state index in [1.54, 1.807) is 0 Å². The molecule has 0 spiro atoms. The van der Waals surface area contributed by atoms with Gasteiger partial charge in [-0.05, 0) is 60.3 Å². The number of halogens is 1. The van der Waals surface area contributed by atoms with Gasteiger partial charge in [0.15, 0.2) is 0 Å². The summed E-state index contributed by atoms with van der Waals surface area (Å²) >= 11 is 3.74. The van der Waals surface area contributed by atoms with Gasteiger partial charge < -0.3 is 9.80 Å². The van der Waals surface area contributed by atoms with Crippen molar-refractivity contribution in [2.24, 2.45) is 0 Å². The SMILES string of the molecule is CCN(c1nc(C)c(C)c(N2CCC(=O)CC2)n1)c1ccc(C(C)C)cc1Br. The number of piperidine rings is 1. The molecule has 0 saturated carbocycles. The highest BCUT2D eigenvalue weighted by Crippen LogP contribution is 2.34. The van der Waals surface area contributed by atoms with Crippen LogP contribution >= 0.6 is 15.9 Å². The van der Waals surface area contributed by atoms with Gasteiger partial charge in [0.1, 0.15) is 11.6 Å². The highest BCUT2D eigenvalue weighted by atomic mass is 79.9. The van der Waals surface area contributed by atoms with E-state index in [0.29, 0.717) is 30.5 Å². The van der Waals surface area contributed by atoms with Crippen LogP contribution in [0.25, 0.3) is 0 Å². The van der Waals surface area contributed by atoms with Gasteiger partial charge in [-0.25, -0.2) is 4.98 Å². The molecule has 1 aliphatic heterocycles. The number of carbonyl (C=O) groups excluding carboxylic acids is 1. The van der Waals surface area contributed by atoms with Gasteiger partial charge in [0.25, 0.3) is 0 Å². The third-order valence-electron chi connectivity index (χ3n) is 5.46. The third kappa shape index (κ3) is 4.22. The van der Waals surface area contributed by atoms with Crippen LogP contribution in [0.4, 0.5) is 17.5 Å². The van der Waals surface area contributed by atoms with Crippen molar-refractivity contribution < 1.29 is 4.79 Å². The van der Waals surface area contributed by atoms with Gasteiger partial charge in [-0.1, -0.05) is 19.9 Å². The molecule has 0 aliphatic carbocycles. The number of benzene rings is 1. The van der Waals surface area contributed by atoms with E-state index < -0.39 is 0 Å². The molecule has 1 aromatic heterocycles. The summed E-state index contributed by atoms with van der Waals surface area (Å²) in [5, 5.41) is 0. The largest absolute Gasteiger partial charge is 0.355 e. The van der Waals surface area contributed by atoms with Gasteiger partial charge in [-0.2, -0.15) is 4.98 Å². The summed E-state index contributed by atoms with van der Waals surface area (Å²) in [5.41, 5.74) is 4.43. The fraction of sp³-hybridized carbons (Fsp3) is 0.500.